The molecule has 0 radical (unpaired) electrons. The van der Waals surface area contributed by atoms with Crippen LogP contribution in [-0.4, -0.2) is 122 Å². The molecule has 3 heterocycles. The first-order valence-corrected chi connectivity index (χ1v) is 30.9. The van der Waals surface area contributed by atoms with E-state index >= 15 is 0 Å². The number of carbonyl (C=O) groups excluding carboxylic acids is 3. The monoisotopic (exact) mass is 1140 g/mol. The molecule has 3 aromatic carbocycles. The summed E-state index contributed by atoms with van der Waals surface area (Å²) in [4.78, 5) is 38.7. The van der Waals surface area contributed by atoms with E-state index in [0.717, 1.165) is 22.1 Å². The van der Waals surface area contributed by atoms with Crippen molar-refractivity contribution in [3.05, 3.63) is 124 Å². The quantitative estimate of drug-likeness (QED) is 0.0751. The van der Waals surface area contributed by atoms with E-state index in [1.807, 2.05) is 27.7 Å². The number of imide groups is 1. The Balaban J connectivity index is 1.19. The van der Waals surface area contributed by atoms with Crippen LogP contribution in [0.5, 0.6) is 5.75 Å². The van der Waals surface area contributed by atoms with Gasteiger partial charge < -0.3 is 19.5 Å². The molecule has 24 heteroatoms. The summed E-state index contributed by atoms with van der Waals surface area (Å²) in [5, 5.41) is 2.74. The van der Waals surface area contributed by atoms with Crippen molar-refractivity contribution in [2.24, 2.45) is 22.7 Å². The first kappa shape index (κ1) is 55.9. The lowest BCUT2D eigenvalue weighted by Crippen LogP contribution is -2.46. The molecule has 0 aromatic heterocycles. The molecular formula is C53H60N4O16S4. The number of anilines is 1. The van der Waals surface area contributed by atoms with Crippen molar-refractivity contribution in [1.29, 1.82) is 0 Å². The van der Waals surface area contributed by atoms with Crippen molar-refractivity contribution in [1.82, 2.24) is 10.2 Å². The van der Waals surface area contributed by atoms with Gasteiger partial charge in [-0.25, -0.2) is 8.42 Å². The second kappa shape index (κ2) is 18.9. The van der Waals surface area contributed by atoms with Gasteiger partial charge in [0, 0.05) is 77.8 Å². The molecule has 4 N–H and O–H groups in total. The standard InChI is InChI=1S/C53H60N4O16S4/c1-50(2,3)37-29-36-35(47-51(4,5)39-26-33(76(67,68)69)13-15-42(39)55(47)22-24-74(61,62)63)28-38(37)53(49(36)73-32-11-8-31(9-12-32)10-17-44(58)54-20-21-57-45(59)18-19-46(57)60)30-41(53)48-52(6,7)40-27-34(77(70,71)72)14-16-43(40)56(48)23-25-75(64,65)66/h8-9,11-16,18-19,26-28,37-38H,10,17,20-25,29-30H2,1-7H3,(H4-,54,58,61,62,63,64,65,66,67,68,69,70,71,72). The smallest absolute Gasteiger partial charge is 0.294 e. The van der Waals surface area contributed by atoms with E-state index in [1.165, 1.54) is 42.5 Å². The Hall–Kier alpha value is -5.86. The van der Waals surface area contributed by atoms with Crippen molar-refractivity contribution < 1.29 is 75.6 Å². The number of amides is 3. The van der Waals surface area contributed by atoms with Gasteiger partial charge in [-0.2, -0.15) is 29.8 Å². The van der Waals surface area contributed by atoms with Crippen LogP contribution in [0.2, 0.25) is 0 Å². The van der Waals surface area contributed by atoms with Crippen LogP contribution in [0.4, 0.5) is 11.4 Å². The number of carbonyl (C=O) groups is 3. The molecule has 412 valence electrons. The molecule has 1 saturated carbocycles. The van der Waals surface area contributed by atoms with Crippen LogP contribution in [-0.2, 0) is 72.1 Å². The van der Waals surface area contributed by atoms with Gasteiger partial charge in [0.05, 0.1) is 26.4 Å². The second-order valence-corrected chi connectivity index (χ2v) is 28.5. The molecule has 0 saturated heterocycles. The van der Waals surface area contributed by atoms with Crippen molar-refractivity contribution in [2.45, 2.75) is 94.8 Å². The van der Waals surface area contributed by atoms with Gasteiger partial charge in [0.15, 0.2) is 12.3 Å². The molecule has 3 aromatic rings. The zero-order chi connectivity index (χ0) is 56.4. The fourth-order valence-electron chi connectivity index (χ4n) is 12.3. The molecule has 3 aliphatic heterocycles. The number of benzene rings is 3. The summed E-state index contributed by atoms with van der Waals surface area (Å²) >= 11 is 0. The summed E-state index contributed by atoms with van der Waals surface area (Å²) in [7, 11) is -18.7. The van der Waals surface area contributed by atoms with Gasteiger partial charge in [-0.1, -0.05) is 52.8 Å². The topological polar surface area (TPSA) is 302 Å². The number of hydrogen-bond acceptors (Lipinski definition) is 14. The second-order valence-electron chi connectivity index (χ2n) is 22.6. The molecule has 3 atom stereocenters. The highest BCUT2D eigenvalue weighted by molar-refractivity contribution is 7.86. The molecule has 1 spiro atoms. The Morgan fingerprint density at radius 3 is 2.03 bits per heavy atom. The van der Waals surface area contributed by atoms with Crippen molar-refractivity contribution >= 4 is 75.3 Å². The van der Waals surface area contributed by atoms with Crippen molar-refractivity contribution in [2.75, 3.05) is 42.6 Å². The van der Waals surface area contributed by atoms with E-state index < -0.39 is 96.3 Å². The average molecular weight is 1140 g/mol. The number of ether oxygens (including phenoxy) is 1. The molecule has 7 aliphatic rings. The Labute approximate surface area is 448 Å². The summed E-state index contributed by atoms with van der Waals surface area (Å²) in [6, 6.07) is 15.1. The van der Waals surface area contributed by atoms with E-state index in [2.05, 4.69) is 32.2 Å². The lowest BCUT2D eigenvalue weighted by molar-refractivity contribution is -0.432. The third-order valence-electron chi connectivity index (χ3n) is 16.0. The normalized spacial score (nSPS) is 23.5. The summed E-state index contributed by atoms with van der Waals surface area (Å²) in [6.07, 6.45) is 5.65. The van der Waals surface area contributed by atoms with Gasteiger partial charge >= 0.3 is 0 Å². The minimum atomic E-state index is -4.94. The van der Waals surface area contributed by atoms with Gasteiger partial charge in [-0.3, -0.25) is 32.9 Å². The predicted octanol–water partition coefficient (Wildman–Crippen LogP) is 5.36. The molecule has 4 aliphatic carbocycles. The molecule has 3 amide bonds. The van der Waals surface area contributed by atoms with Gasteiger partial charge in [-0.05, 0) is 110 Å². The summed E-state index contributed by atoms with van der Waals surface area (Å²) in [5.74, 6) is -2.23. The molecule has 10 rings (SSSR count). The molecule has 77 heavy (non-hydrogen) atoms. The summed E-state index contributed by atoms with van der Waals surface area (Å²) in [5.41, 5.74) is 2.42. The third kappa shape index (κ3) is 10.4. The maximum absolute atomic E-state index is 12.9. The van der Waals surface area contributed by atoms with Crippen LogP contribution in [0.1, 0.15) is 84.4 Å². The maximum Gasteiger partial charge on any atom is 0.294 e. The van der Waals surface area contributed by atoms with Crippen LogP contribution in [0.15, 0.2) is 117 Å². The average Bonchev–Trinajstić information content (AvgIpc) is 3.96. The molecule has 20 nitrogen and oxygen atoms in total. The lowest BCUT2D eigenvalue weighted by atomic mass is 9.55. The SMILES string of the molecule is CC1(C)C(=C2CC23C(Oc2ccc(CCC(=O)NCCN4C(=O)C=CC4=O)cc2)=C2CC(C(C)(C)C)C3C=C2C2=[N+](CCS(=O)(=O)O)c3ccc(S(=O)(=O)[O-])cc3C2(C)C)N(CCS(=O)(=O)O)c2ccc(S(=O)(=O)O)cc21. The molecule has 1 fully saturated rings. The first-order chi connectivity index (χ1) is 35.5. The van der Waals surface area contributed by atoms with E-state index in [0.29, 0.717) is 75.8 Å². The Bertz CT molecular complexity index is 3700. The highest BCUT2D eigenvalue weighted by Gasteiger charge is 2.69. The number of nitrogens with zero attached hydrogens (tertiary/aromatic N) is 3. The number of fused-ring (bicyclic) bond motifs is 3. The van der Waals surface area contributed by atoms with E-state index in [9.17, 15) is 66.3 Å². The minimum Gasteiger partial charge on any atom is -0.744 e. The van der Waals surface area contributed by atoms with Gasteiger partial charge in [0.1, 0.15) is 27.4 Å². The van der Waals surface area contributed by atoms with Crippen LogP contribution >= 0.6 is 0 Å². The van der Waals surface area contributed by atoms with Crippen LogP contribution in [0.3, 0.4) is 0 Å². The Morgan fingerprint density at radius 2 is 1.43 bits per heavy atom. The van der Waals surface area contributed by atoms with Crippen LogP contribution in [0, 0.1) is 22.7 Å². The van der Waals surface area contributed by atoms with E-state index in [4.69, 9.17) is 4.74 Å². The predicted molar refractivity (Wildman–Crippen MR) is 281 cm³/mol. The number of rotatable bonds is 17. The molecule has 2 bridgehead atoms. The fraction of sp³-hybridized carbons (Fsp3) is 0.434. The van der Waals surface area contributed by atoms with Crippen molar-refractivity contribution in [3.8, 4) is 5.75 Å². The van der Waals surface area contributed by atoms with Crippen LogP contribution in [0.25, 0.3) is 0 Å². The highest BCUT2D eigenvalue weighted by atomic mass is 32.2. The number of aryl methyl sites for hydroxylation is 1. The molecule has 3 unspecified atom stereocenters. The number of hydrogen-bond donors (Lipinski definition) is 4. The van der Waals surface area contributed by atoms with E-state index in [1.54, 1.807) is 33.7 Å². The molecular weight excluding hydrogens is 1080 g/mol. The first-order valence-electron chi connectivity index (χ1n) is 24.9. The highest BCUT2D eigenvalue weighted by Crippen LogP contribution is 2.75. The minimum absolute atomic E-state index is 0.0232. The van der Waals surface area contributed by atoms with Crippen molar-refractivity contribution in [3.63, 3.8) is 0 Å². The Morgan fingerprint density at radius 1 is 0.805 bits per heavy atom. The van der Waals surface area contributed by atoms with Gasteiger partial charge in [-0.15, -0.1) is 0 Å². The van der Waals surface area contributed by atoms with Gasteiger partial charge in [0.2, 0.25) is 11.6 Å². The third-order valence-corrected chi connectivity index (χ3v) is 19.0. The summed E-state index contributed by atoms with van der Waals surface area (Å²) < 4.78 is 152. The largest absolute Gasteiger partial charge is 0.744 e. The maximum atomic E-state index is 12.9. The van der Waals surface area contributed by atoms with Crippen LogP contribution < -0.4 is 15.0 Å². The zero-order valence-electron chi connectivity index (χ0n) is 43.4. The lowest BCUT2D eigenvalue weighted by Gasteiger charge is -2.49. The number of allylic oxidation sites excluding steroid dienone is 5. The zero-order valence-corrected chi connectivity index (χ0v) is 46.6. The Kier molecular flexibility index (Phi) is 13.7. The fourth-order valence-corrected chi connectivity index (χ4v) is 14.1. The van der Waals surface area contributed by atoms with Gasteiger partial charge in [0.25, 0.3) is 42.2 Å². The van der Waals surface area contributed by atoms with E-state index in [-0.39, 0.29) is 49.3 Å². The number of nitrogens with one attached hydrogen (secondary N) is 1. The summed E-state index contributed by atoms with van der Waals surface area (Å²) in [6.45, 7) is 13.3.